The number of aromatic nitrogens is 3. The summed E-state index contributed by atoms with van der Waals surface area (Å²) in [4.78, 5) is 5.76. The molecule has 3 aromatic rings. The highest BCUT2D eigenvalue weighted by Crippen LogP contribution is 2.38. The van der Waals surface area contributed by atoms with Crippen molar-refractivity contribution in [2.24, 2.45) is 5.73 Å². The summed E-state index contributed by atoms with van der Waals surface area (Å²) in [5.74, 6) is 0.968. The lowest BCUT2D eigenvalue weighted by Crippen LogP contribution is -2.32. The van der Waals surface area contributed by atoms with Gasteiger partial charge in [0.05, 0.1) is 10.2 Å². The SMILES string of the molecule is Cc1cc(C)c2c(n1)sc1c(NC3CCC(N)CC3)n[nH]c12. The number of rotatable bonds is 2. The first kappa shape index (κ1) is 14.0. The van der Waals surface area contributed by atoms with Crippen molar-refractivity contribution in [2.45, 2.75) is 51.6 Å². The minimum absolute atomic E-state index is 0.372. The number of anilines is 1. The number of aryl methyl sites for hydroxylation is 2. The Labute approximate surface area is 133 Å². The quantitative estimate of drug-likeness (QED) is 0.676. The predicted molar refractivity (Wildman–Crippen MR) is 92.6 cm³/mol. The molecular formula is C16H21N5S. The average molecular weight is 315 g/mol. The minimum Gasteiger partial charge on any atom is -0.365 e. The Kier molecular flexibility index (Phi) is 3.31. The van der Waals surface area contributed by atoms with E-state index in [1.165, 1.54) is 15.6 Å². The fourth-order valence-electron chi connectivity index (χ4n) is 3.43. The van der Waals surface area contributed by atoms with Crippen molar-refractivity contribution in [3.05, 3.63) is 17.3 Å². The summed E-state index contributed by atoms with van der Waals surface area (Å²) in [6.45, 7) is 4.18. The molecule has 3 heterocycles. The normalized spacial score (nSPS) is 22.5. The van der Waals surface area contributed by atoms with Gasteiger partial charge in [-0.2, -0.15) is 5.10 Å². The van der Waals surface area contributed by atoms with Crippen molar-refractivity contribution < 1.29 is 0 Å². The van der Waals surface area contributed by atoms with Crippen LogP contribution in [0.4, 0.5) is 5.82 Å². The molecule has 3 aromatic heterocycles. The smallest absolute Gasteiger partial charge is 0.166 e. The number of nitrogens with two attached hydrogens (primary N) is 1. The van der Waals surface area contributed by atoms with Crippen molar-refractivity contribution in [3.63, 3.8) is 0 Å². The standard InChI is InChI=1S/C16H21N5S/c1-8-7-9(2)18-16-12(8)13-14(22-16)15(21-20-13)19-11-5-3-10(17)4-6-11/h7,10-11H,3-6,17H2,1-2H3,(H2,19,20,21). The molecule has 5 nitrogen and oxygen atoms in total. The molecule has 1 fully saturated rings. The van der Waals surface area contributed by atoms with E-state index in [-0.39, 0.29) is 0 Å². The lowest BCUT2D eigenvalue weighted by molar-refractivity contribution is 0.410. The maximum absolute atomic E-state index is 5.99. The highest BCUT2D eigenvalue weighted by Gasteiger charge is 2.21. The summed E-state index contributed by atoms with van der Waals surface area (Å²) in [5, 5.41) is 12.5. The molecule has 0 amide bonds. The number of nitrogens with one attached hydrogen (secondary N) is 2. The molecule has 6 heteroatoms. The first-order valence-corrected chi connectivity index (χ1v) is 8.70. The molecule has 22 heavy (non-hydrogen) atoms. The van der Waals surface area contributed by atoms with E-state index in [1.807, 2.05) is 6.92 Å². The second-order valence-electron chi connectivity index (χ2n) is 6.40. The summed E-state index contributed by atoms with van der Waals surface area (Å²) in [5.41, 5.74) is 9.42. The number of thiophene rings is 1. The van der Waals surface area contributed by atoms with Crippen LogP contribution >= 0.6 is 11.3 Å². The Morgan fingerprint density at radius 1 is 1.27 bits per heavy atom. The first-order chi connectivity index (χ1) is 10.6. The van der Waals surface area contributed by atoms with E-state index in [0.717, 1.165) is 47.5 Å². The Bertz CT molecular complexity index is 826. The third kappa shape index (κ3) is 2.27. The van der Waals surface area contributed by atoms with Gasteiger partial charge in [-0.25, -0.2) is 4.98 Å². The van der Waals surface area contributed by atoms with E-state index in [9.17, 15) is 0 Å². The van der Waals surface area contributed by atoms with Gasteiger partial charge in [0.25, 0.3) is 0 Å². The lowest BCUT2D eigenvalue weighted by Gasteiger charge is -2.26. The summed E-state index contributed by atoms with van der Waals surface area (Å²) in [6.07, 6.45) is 4.43. The number of fused-ring (bicyclic) bond motifs is 3. The van der Waals surface area contributed by atoms with E-state index in [1.54, 1.807) is 11.3 Å². The summed E-state index contributed by atoms with van der Waals surface area (Å²) in [6, 6.07) is 2.98. The summed E-state index contributed by atoms with van der Waals surface area (Å²) < 4.78 is 1.19. The second-order valence-corrected chi connectivity index (χ2v) is 7.39. The molecule has 0 radical (unpaired) electrons. The zero-order valence-corrected chi connectivity index (χ0v) is 13.8. The first-order valence-electron chi connectivity index (χ1n) is 7.89. The molecule has 4 rings (SSSR count). The topological polar surface area (TPSA) is 79.6 Å². The molecule has 0 saturated heterocycles. The number of aromatic amines is 1. The Morgan fingerprint density at radius 2 is 2.05 bits per heavy atom. The van der Waals surface area contributed by atoms with Crippen LogP contribution < -0.4 is 11.1 Å². The molecule has 0 bridgehead atoms. The van der Waals surface area contributed by atoms with Crippen LogP contribution in [0.25, 0.3) is 20.4 Å². The molecular weight excluding hydrogens is 294 g/mol. The Hall–Kier alpha value is -1.66. The maximum Gasteiger partial charge on any atom is 0.166 e. The molecule has 1 aliphatic rings. The largest absolute Gasteiger partial charge is 0.365 e. The van der Waals surface area contributed by atoms with E-state index >= 15 is 0 Å². The number of pyridine rings is 1. The lowest BCUT2D eigenvalue weighted by atomic mass is 9.92. The Balaban J connectivity index is 1.72. The third-order valence-corrected chi connectivity index (χ3v) is 5.68. The summed E-state index contributed by atoms with van der Waals surface area (Å²) in [7, 11) is 0. The molecule has 0 atom stereocenters. The van der Waals surface area contributed by atoms with Gasteiger partial charge in [0.2, 0.25) is 0 Å². The zero-order valence-electron chi connectivity index (χ0n) is 12.9. The van der Waals surface area contributed by atoms with E-state index in [2.05, 4.69) is 33.5 Å². The van der Waals surface area contributed by atoms with Crippen LogP contribution in [0.5, 0.6) is 0 Å². The zero-order chi connectivity index (χ0) is 15.3. The van der Waals surface area contributed by atoms with Gasteiger partial charge in [0, 0.05) is 23.2 Å². The molecule has 1 saturated carbocycles. The van der Waals surface area contributed by atoms with Crippen molar-refractivity contribution >= 4 is 37.6 Å². The number of hydrogen-bond donors (Lipinski definition) is 3. The van der Waals surface area contributed by atoms with Gasteiger partial charge in [0.15, 0.2) is 5.82 Å². The summed E-state index contributed by atoms with van der Waals surface area (Å²) >= 11 is 1.72. The molecule has 4 N–H and O–H groups in total. The van der Waals surface area contributed by atoms with Crippen molar-refractivity contribution in [1.82, 2.24) is 15.2 Å². The predicted octanol–water partition coefficient (Wildman–Crippen LogP) is 3.47. The van der Waals surface area contributed by atoms with E-state index < -0.39 is 0 Å². The number of H-pyrrole nitrogens is 1. The van der Waals surface area contributed by atoms with Gasteiger partial charge in [-0.15, -0.1) is 11.3 Å². The van der Waals surface area contributed by atoms with Crippen LogP contribution in [0.3, 0.4) is 0 Å². The number of hydrogen-bond acceptors (Lipinski definition) is 5. The van der Waals surface area contributed by atoms with Crippen molar-refractivity contribution in [1.29, 1.82) is 0 Å². The fraction of sp³-hybridized carbons (Fsp3) is 0.500. The number of nitrogens with zero attached hydrogens (tertiary/aromatic N) is 2. The third-order valence-electron chi connectivity index (χ3n) is 4.59. The van der Waals surface area contributed by atoms with Crippen LogP contribution in [-0.4, -0.2) is 27.3 Å². The van der Waals surface area contributed by atoms with Crippen LogP contribution in [0.2, 0.25) is 0 Å². The van der Waals surface area contributed by atoms with Gasteiger partial charge >= 0.3 is 0 Å². The van der Waals surface area contributed by atoms with Gasteiger partial charge in [-0.1, -0.05) is 0 Å². The van der Waals surface area contributed by atoms with Gasteiger partial charge in [-0.05, 0) is 51.2 Å². The van der Waals surface area contributed by atoms with Gasteiger partial charge in [0.1, 0.15) is 4.83 Å². The molecule has 1 aliphatic carbocycles. The van der Waals surface area contributed by atoms with E-state index in [4.69, 9.17) is 5.73 Å². The van der Waals surface area contributed by atoms with Gasteiger partial charge in [-0.3, -0.25) is 5.10 Å². The fourth-order valence-corrected chi connectivity index (χ4v) is 4.63. The van der Waals surface area contributed by atoms with Gasteiger partial charge < -0.3 is 11.1 Å². The maximum atomic E-state index is 5.99. The van der Waals surface area contributed by atoms with Crippen molar-refractivity contribution in [3.8, 4) is 0 Å². The van der Waals surface area contributed by atoms with Crippen molar-refractivity contribution in [2.75, 3.05) is 5.32 Å². The van der Waals surface area contributed by atoms with Crippen LogP contribution in [0.1, 0.15) is 36.9 Å². The van der Waals surface area contributed by atoms with Crippen LogP contribution in [0.15, 0.2) is 6.07 Å². The second kappa shape index (κ2) is 5.21. The average Bonchev–Trinajstić information content (AvgIpc) is 3.01. The molecule has 0 aromatic carbocycles. The molecule has 0 aliphatic heterocycles. The Morgan fingerprint density at radius 3 is 2.82 bits per heavy atom. The molecule has 116 valence electrons. The van der Waals surface area contributed by atoms with Crippen LogP contribution in [0, 0.1) is 13.8 Å². The highest BCUT2D eigenvalue weighted by molar-refractivity contribution is 7.26. The van der Waals surface area contributed by atoms with E-state index in [0.29, 0.717) is 12.1 Å². The minimum atomic E-state index is 0.372. The molecule has 0 unspecified atom stereocenters. The molecule has 0 spiro atoms. The van der Waals surface area contributed by atoms with Crippen LogP contribution in [-0.2, 0) is 0 Å². The highest BCUT2D eigenvalue weighted by atomic mass is 32.1. The monoisotopic (exact) mass is 315 g/mol.